The molecule has 29 heavy (non-hydrogen) atoms. The van der Waals surface area contributed by atoms with Crippen molar-refractivity contribution in [1.82, 2.24) is 0 Å². The number of carboxylic acid groups (broad SMARTS) is 1. The average molecular weight is 431 g/mol. The van der Waals surface area contributed by atoms with Crippen LogP contribution >= 0.6 is 23.2 Å². The van der Waals surface area contributed by atoms with Crippen molar-refractivity contribution in [3.05, 3.63) is 69.7 Å². The molecule has 3 rings (SSSR count). The molecule has 0 aliphatic heterocycles. The first-order valence-electron chi connectivity index (χ1n) is 9.16. The number of carboxylic acids is 1. The SMILES string of the molecule is CCCc1ccc(NC(=O)Nc2c(Cl)cc(Cl)c3ccc(CC(=O)O)cc23)cc1. The van der Waals surface area contributed by atoms with Crippen LogP contribution in [-0.4, -0.2) is 17.1 Å². The lowest BCUT2D eigenvalue weighted by atomic mass is 10.0. The molecule has 0 bridgehead atoms. The molecular formula is C22H20Cl2N2O3. The zero-order valence-corrected chi connectivity index (χ0v) is 17.3. The zero-order chi connectivity index (χ0) is 21.0. The van der Waals surface area contributed by atoms with E-state index in [1.165, 1.54) is 5.56 Å². The number of amides is 2. The molecule has 3 aromatic carbocycles. The number of fused-ring (bicyclic) bond motifs is 1. The van der Waals surface area contributed by atoms with Crippen LogP contribution in [0.2, 0.25) is 10.0 Å². The van der Waals surface area contributed by atoms with Gasteiger partial charge >= 0.3 is 12.0 Å². The van der Waals surface area contributed by atoms with Crippen molar-refractivity contribution in [3.8, 4) is 0 Å². The summed E-state index contributed by atoms with van der Waals surface area (Å²) in [6.45, 7) is 2.11. The number of carbonyl (C=O) groups is 2. The summed E-state index contributed by atoms with van der Waals surface area (Å²) in [4.78, 5) is 23.6. The third-order valence-electron chi connectivity index (χ3n) is 4.45. The molecule has 0 aliphatic carbocycles. The summed E-state index contributed by atoms with van der Waals surface area (Å²) in [5.74, 6) is -0.948. The van der Waals surface area contributed by atoms with Crippen molar-refractivity contribution in [2.75, 3.05) is 10.6 Å². The molecule has 3 N–H and O–H groups in total. The number of aliphatic carboxylic acids is 1. The Morgan fingerprint density at radius 1 is 0.897 bits per heavy atom. The molecule has 0 aliphatic rings. The number of benzene rings is 3. The van der Waals surface area contributed by atoms with Crippen molar-refractivity contribution < 1.29 is 14.7 Å². The van der Waals surface area contributed by atoms with E-state index in [9.17, 15) is 9.59 Å². The van der Waals surface area contributed by atoms with Gasteiger partial charge in [0.2, 0.25) is 0 Å². The normalized spacial score (nSPS) is 10.7. The highest BCUT2D eigenvalue weighted by Gasteiger charge is 2.14. The highest BCUT2D eigenvalue weighted by Crippen LogP contribution is 2.37. The van der Waals surface area contributed by atoms with Gasteiger partial charge in [-0.2, -0.15) is 0 Å². The van der Waals surface area contributed by atoms with E-state index in [0.717, 1.165) is 12.8 Å². The number of hydrogen-bond acceptors (Lipinski definition) is 2. The van der Waals surface area contributed by atoms with Crippen LogP contribution in [0.25, 0.3) is 10.8 Å². The highest BCUT2D eigenvalue weighted by atomic mass is 35.5. The highest BCUT2D eigenvalue weighted by molar-refractivity contribution is 6.41. The predicted octanol–water partition coefficient (Wildman–Crippen LogP) is 6.37. The first kappa shape index (κ1) is 21.0. The second kappa shape index (κ2) is 9.16. The fourth-order valence-corrected chi connectivity index (χ4v) is 3.72. The molecule has 3 aromatic rings. The van der Waals surface area contributed by atoms with Crippen LogP contribution in [0, 0.1) is 0 Å². The third kappa shape index (κ3) is 5.19. The van der Waals surface area contributed by atoms with Crippen molar-refractivity contribution in [2.24, 2.45) is 0 Å². The van der Waals surface area contributed by atoms with Crippen LogP contribution in [0.15, 0.2) is 48.5 Å². The summed E-state index contributed by atoms with van der Waals surface area (Å²) >= 11 is 12.6. The molecule has 2 amide bonds. The number of urea groups is 1. The smallest absolute Gasteiger partial charge is 0.323 e. The van der Waals surface area contributed by atoms with Crippen molar-refractivity contribution in [2.45, 2.75) is 26.2 Å². The Balaban J connectivity index is 1.87. The van der Waals surface area contributed by atoms with Crippen LogP contribution in [0.5, 0.6) is 0 Å². The van der Waals surface area contributed by atoms with E-state index in [0.29, 0.717) is 32.7 Å². The second-order valence-corrected chi connectivity index (χ2v) is 7.51. The zero-order valence-electron chi connectivity index (χ0n) is 15.8. The molecule has 0 radical (unpaired) electrons. The van der Waals surface area contributed by atoms with Gasteiger partial charge < -0.3 is 15.7 Å². The fourth-order valence-electron chi connectivity index (χ4n) is 3.13. The number of anilines is 2. The third-order valence-corrected chi connectivity index (χ3v) is 5.06. The van der Waals surface area contributed by atoms with Gasteiger partial charge in [-0.25, -0.2) is 4.79 Å². The summed E-state index contributed by atoms with van der Waals surface area (Å²) in [6, 6.07) is 13.8. The molecule has 0 atom stereocenters. The topological polar surface area (TPSA) is 78.4 Å². The summed E-state index contributed by atoms with van der Waals surface area (Å²) in [6.07, 6.45) is 1.90. The quantitative estimate of drug-likeness (QED) is 0.424. The Morgan fingerprint density at radius 3 is 2.24 bits per heavy atom. The van der Waals surface area contributed by atoms with E-state index in [4.69, 9.17) is 28.3 Å². The Kier molecular flexibility index (Phi) is 6.62. The molecular weight excluding hydrogens is 411 g/mol. The van der Waals surface area contributed by atoms with Crippen LogP contribution < -0.4 is 10.6 Å². The molecule has 0 heterocycles. The van der Waals surface area contributed by atoms with E-state index in [1.807, 2.05) is 24.3 Å². The summed E-state index contributed by atoms with van der Waals surface area (Å²) in [5, 5.41) is 16.5. The standard InChI is InChI=1S/C22H20Cl2N2O3/c1-2-3-13-4-7-15(8-5-13)25-22(29)26-21-17-10-14(11-20(27)28)6-9-16(17)18(23)12-19(21)24/h4-10,12H,2-3,11H2,1H3,(H,27,28)(H2,25,26,29). The minimum atomic E-state index is -0.948. The molecule has 5 nitrogen and oxygen atoms in total. The number of halogens is 2. The van der Waals surface area contributed by atoms with Crippen LogP contribution in [-0.2, 0) is 17.6 Å². The summed E-state index contributed by atoms with van der Waals surface area (Å²) < 4.78 is 0. The van der Waals surface area contributed by atoms with E-state index in [1.54, 1.807) is 24.3 Å². The van der Waals surface area contributed by atoms with Gasteiger partial charge in [0.25, 0.3) is 0 Å². The molecule has 0 fully saturated rings. The van der Waals surface area contributed by atoms with Crippen molar-refractivity contribution in [1.29, 1.82) is 0 Å². The minimum absolute atomic E-state index is 0.143. The largest absolute Gasteiger partial charge is 0.481 e. The summed E-state index contributed by atoms with van der Waals surface area (Å²) in [7, 11) is 0. The number of aryl methyl sites for hydroxylation is 1. The molecule has 150 valence electrons. The van der Waals surface area contributed by atoms with Gasteiger partial charge in [-0.15, -0.1) is 0 Å². The first-order chi connectivity index (χ1) is 13.9. The van der Waals surface area contributed by atoms with Gasteiger partial charge in [-0.05, 0) is 41.8 Å². The minimum Gasteiger partial charge on any atom is -0.481 e. The molecule has 7 heteroatoms. The van der Waals surface area contributed by atoms with Gasteiger partial charge in [0, 0.05) is 16.5 Å². The van der Waals surface area contributed by atoms with E-state index in [2.05, 4.69) is 17.6 Å². The van der Waals surface area contributed by atoms with Crippen molar-refractivity contribution >= 4 is 57.3 Å². The lowest BCUT2D eigenvalue weighted by molar-refractivity contribution is -0.136. The maximum atomic E-state index is 12.5. The predicted molar refractivity (Wildman–Crippen MR) is 118 cm³/mol. The maximum absolute atomic E-state index is 12.5. The van der Waals surface area contributed by atoms with Crippen LogP contribution in [0.3, 0.4) is 0 Å². The lowest BCUT2D eigenvalue weighted by Gasteiger charge is -2.14. The lowest BCUT2D eigenvalue weighted by Crippen LogP contribution is -2.20. The Morgan fingerprint density at radius 2 is 1.59 bits per heavy atom. The molecule has 0 unspecified atom stereocenters. The van der Waals surface area contributed by atoms with E-state index < -0.39 is 12.0 Å². The van der Waals surface area contributed by atoms with Gasteiger partial charge in [0.05, 0.1) is 22.2 Å². The van der Waals surface area contributed by atoms with E-state index in [-0.39, 0.29) is 11.4 Å². The van der Waals surface area contributed by atoms with Crippen molar-refractivity contribution in [3.63, 3.8) is 0 Å². The van der Waals surface area contributed by atoms with E-state index >= 15 is 0 Å². The number of carbonyl (C=O) groups excluding carboxylic acids is 1. The maximum Gasteiger partial charge on any atom is 0.323 e. The van der Waals surface area contributed by atoms with Gasteiger partial charge in [0.1, 0.15) is 0 Å². The Bertz CT molecular complexity index is 1070. The number of rotatable bonds is 6. The number of hydrogen-bond donors (Lipinski definition) is 3. The molecule has 0 aromatic heterocycles. The second-order valence-electron chi connectivity index (χ2n) is 6.69. The molecule has 0 saturated heterocycles. The van der Waals surface area contributed by atoms with Crippen LogP contribution in [0.1, 0.15) is 24.5 Å². The summed E-state index contributed by atoms with van der Waals surface area (Å²) in [5.41, 5.74) is 2.82. The van der Waals surface area contributed by atoms with Crippen LogP contribution in [0.4, 0.5) is 16.2 Å². The molecule has 0 saturated carbocycles. The Labute approximate surface area is 178 Å². The van der Waals surface area contributed by atoms with Gasteiger partial charge in [-0.3, -0.25) is 4.79 Å². The van der Waals surface area contributed by atoms with Gasteiger partial charge in [-0.1, -0.05) is 60.8 Å². The average Bonchev–Trinajstić information content (AvgIpc) is 2.66. The van der Waals surface area contributed by atoms with Gasteiger partial charge in [0.15, 0.2) is 0 Å². The monoisotopic (exact) mass is 430 g/mol. The Hall–Kier alpha value is -2.76. The first-order valence-corrected chi connectivity index (χ1v) is 9.92. The fraction of sp³-hybridized carbons (Fsp3) is 0.182. The number of nitrogens with one attached hydrogen (secondary N) is 2. The molecule has 0 spiro atoms.